The second-order valence-corrected chi connectivity index (χ2v) is 17.0. The Morgan fingerprint density at radius 1 is 0.921 bits per heavy atom. The molecular weight excluding hydrogens is 813 g/mol. The van der Waals surface area contributed by atoms with Crippen molar-refractivity contribution in [3.05, 3.63) is 65.5 Å². The third kappa shape index (κ3) is 13.9. The molecule has 1 aromatic carbocycles. The Morgan fingerprint density at radius 3 is 2.24 bits per heavy atom. The number of benzene rings is 1. The minimum Gasteiger partial charge on any atom is -0.377 e. The third-order valence-electron chi connectivity index (χ3n) is 12.4. The van der Waals surface area contributed by atoms with Crippen molar-refractivity contribution < 1.29 is 37.3 Å². The molecule has 63 heavy (non-hydrogen) atoms. The van der Waals surface area contributed by atoms with Gasteiger partial charge in [-0.2, -0.15) is 0 Å². The molecule has 15 nitrogen and oxygen atoms in total. The van der Waals surface area contributed by atoms with E-state index in [9.17, 15) is 18.4 Å². The van der Waals surface area contributed by atoms with E-state index >= 15 is 0 Å². The summed E-state index contributed by atoms with van der Waals surface area (Å²) in [6.07, 6.45) is 12.0. The maximum Gasteiger partial charge on any atom is 0.254 e. The number of halogens is 2. The zero-order valence-corrected chi connectivity index (χ0v) is 37.1. The summed E-state index contributed by atoms with van der Waals surface area (Å²) < 4.78 is 51.5. The quantitative estimate of drug-likeness (QED) is 0.0840. The van der Waals surface area contributed by atoms with Crippen molar-refractivity contribution in [2.24, 2.45) is 5.92 Å². The molecule has 4 atom stereocenters. The maximum absolute atomic E-state index is 13.9. The molecule has 3 aromatic rings. The molecule has 2 aliphatic heterocycles. The first-order valence-corrected chi connectivity index (χ1v) is 22.5. The fourth-order valence-corrected chi connectivity index (χ4v) is 8.90. The number of amides is 2. The highest BCUT2D eigenvalue weighted by Crippen LogP contribution is 2.38. The zero-order valence-electron chi connectivity index (χ0n) is 37.1. The van der Waals surface area contributed by atoms with Crippen molar-refractivity contribution in [1.82, 2.24) is 40.3 Å². The van der Waals surface area contributed by atoms with E-state index in [-0.39, 0.29) is 68.0 Å². The maximum atomic E-state index is 13.9. The van der Waals surface area contributed by atoms with E-state index in [1.165, 1.54) is 0 Å². The molecule has 6 rings (SSSR count). The van der Waals surface area contributed by atoms with Gasteiger partial charge in [0.05, 0.1) is 63.8 Å². The Morgan fingerprint density at radius 2 is 1.57 bits per heavy atom. The monoisotopic (exact) mass is 878 g/mol. The van der Waals surface area contributed by atoms with Gasteiger partial charge in [-0.3, -0.25) is 14.5 Å². The van der Waals surface area contributed by atoms with Crippen LogP contribution in [-0.2, 0) is 23.7 Å². The molecular formula is C46H65F2N9O6. The molecule has 4 heterocycles. The minimum atomic E-state index is -2.67. The van der Waals surface area contributed by atoms with Crippen LogP contribution >= 0.6 is 0 Å². The highest BCUT2D eigenvalue weighted by Gasteiger charge is 2.39. The number of rotatable bonds is 25. The Balaban J connectivity index is 0.925. The van der Waals surface area contributed by atoms with Gasteiger partial charge in [-0.1, -0.05) is 36.3 Å². The van der Waals surface area contributed by atoms with E-state index < -0.39 is 5.92 Å². The Hall–Kier alpha value is -4.60. The molecule has 4 unspecified atom stereocenters. The van der Waals surface area contributed by atoms with Gasteiger partial charge >= 0.3 is 0 Å². The normalized spacial score (nSPS) is 20.2. The third-order valence-corrected chi connectivity index (χ3v) is 12.4. The average molecular weight is 878 g/mol. The summed E-state index contributed by atoms with van der Waals surface area (Å²) in [7, 11) is 0. The molecule has 3 aliphatic rings. The number of hydrogen-bond donors (Lipinski definition) is 2. The number of aromatic nitrogens is 5. The van der Waals surface area contributed by atoms with E-state index in [2.05, 4.69) is 64.9 Å². The fraction of sp³-hybridized carbons (Fsp3) is 0.652. The highest BCUT2D eigenvalue weighted by atomic mass is 19.3. The van der Waals surface area contributed by atoms with Gasteiger partial charge < -0.3 is 39.0 Å². The van der Waals surface area contributed by atoms with Gasteiger partial charge in [-0.05, 0) is 64.9 Å². The lowest BCUT2D eigenvalue weighted by molar-refractivity contribution is -0.130. The average Bonchev–Trinajstić information content (AvgIpc) is 3.82. The van der Waals surface area contributed by atoms with Crippen LogP contribution < -0.4 is 15.5 Å². The molecule has 0 spiro atoms. The number of carbonyl (C=O) groups excluding carboxylic acids is 2. The van der Waals surface area contributed by atoms with E-state index in [1.807, 2.05) is 37.3 Å². The van der Waals surface area contributed by atoms with E-state index in [0.29, 0.717) is 89.5 Å². The van der Waals surface area contributed by atoms with Crippen LogP contribution in [0.1, 0.15) is 111 Å². The van der Waals surface area contributed by atoms with Crippen molar-refractivity contribution in [3.63, 3.8) is 0 Å². The first-order valence-electron chi connectivity index (χ1n) is 22.5. The van der Waals surface area contributed by atoms with E-state index in [4.69, 9.17) is 25.4 Å². The second kappa shape index (κ2) is 23.9. The predicted octanol–water partition coefficient (Wildman–Crippen LogP) is 5.29. The first kappa shape index (κ1) is 47.9. The summed E-state index contributed by atoms with van der Waals surface area (Å²) in [5.41, 5.74) is 1.40. The molecule has 344 valence electrons. The molecule has 2 saturated heterocycles. The van der Waals surface area contributed by atoms with Gasteiger partial charge in [-0.15, -0.1) is 16.6 Å². The zero-order chi connectivity index (χ0) is 44.6. The Labute approximate surface area is 370 Å². The number of terminal acetylenes is 1. The lowest BCUT2D eigenvalue weighted by atomic mass is 9.86. The van der Waals surface area contributed by atoms with Gasteiger partial charge in [0.15, 0.2) is 0 Å². The molecule has 2 N–H and O–H groups in total. The number of hydrogen-bond acceptors (Lipinski definition) is 12. The first-order chi connectivity index (χ1) is 30.5. The number of nitrogens with one attached hydrogen (secondary N) is 2. The fourth-order valence-electron chi connectivity index (χ4n) is 8.90. The van der Waals surface area contributed by atoms with Crippen LogP contribution in [0, 0.1) is 25.2 Å². The topological polar surface area (TPSA) is 158 Å². The van der Waals surface area contributed by atoms with Crippen molar-refractivity contribution in [2.75, 3.05) is 83.9 Å². The van der Waals surface area contributed by atoms with E-state index in [0.717, 1.165) is 49.4 Å². The summed E-state index contributed by atoms with van der Waals surface area (Å²) in [5, 5.41) is 15.2. The summed E-state index contributed by atoms with van der Waals surface area (Å²) >= 11 is 0. The molecule has 2 amide bonds. The van der Waals surface area contributed by atoms with Crippen LogP contribution in [0.15, 0.2) is 42.7 Å². The number of nitrogens with zero attached hydrogens (tertiary/aromatic N) is 7. The predicted molar refractivity (Wildman–Crippen MR) is 234 cm³/mol. The van der Waals surface area contributed by atoms with Crippen molar-refractivity contribution in [2.45, 2.75) is 108 Å². The van der Waals surface area contributed by atoms with Gasteiger partial charge in [0.25, 0.3) is 5.91 Å². The second-order valence-electron chi connectivity index (χ2n) is 17.0. The summed E-state index contributed by atoms with van der Waals surface area (Å²) in [4.78, 5) is 39.7. The number of carbonyl (C=O) groups is 2. The largest absolute Gasteiger partial charge is 0.377 e. The molecule has 1 saturated carbocycles. The van der Waals surface area contributed by atoms with Crippen molar-refractivity contribution in [3.8, 4) is 12.3 Å². The van der Waals surface area contributed by atoms with Crippen LogP contribution in [0.2, 0.25) is 0 Å². The van der Waals surface area contributed by atoms with Gasteiger partial charge in [-0.25, -0.2) is 18.7 Å². The van der Waals surface area contributed by atoms with Crippen LogP contribution in [-0.4, -0.2) is 138 Å². The number of ether oxygens (including phenoxy) is 4. The lowest BCUT2D eigenvalue weighted by Gasteiger charge is -2.39. The van der Waals surface area contributed by atoms with Gasteiger partial charge in [0, 0.05) is 75.5 Å². The van der Waals surface area contributed by atoms with Crippen molar-refractivity contribution >= 4 is 17.8 Å². The number of alkyl halides is 2. The number of likely N-dealkylation sites (tertiary alicyclic amines) is 1. The molecule has 1 aliphatic carbocycles. The molecule has 0 radical (unpaired) electrons. The lowest BCUT2D eigenvalue weighted by Crippen LogP contribution is -2.47. The Kier molecular flexibility index (Phi) is 18.2. The minimum absolute atomic E-state index is 0.119. The molecule has 0 bridgehead atoms. The Bertz CT molecular complexity index is 1900. The van der Waals surface area contributed by atoms with Crippen molar-refractivity contribution in [1.29, 1.82) is 0 Å². The van der Waals surface area contributed by atoms with Crippen LogP contribution in [0.5, 0.6) is 0 Å². The van der Waals surface area contributed by atoms with Crippen LogP contribution in [0.25, 0.3) is 0 Å². The smallest absolute Gasteiger partial charge is 0.254 e. The molecule has 17 heteroatoms. The van der Waals surface area contributed by atoms with Gasteiger partial charge in [0.1, 0.15) is 18.3 Å². The van der Waals surface area contributed by atoms with Crippen LogP contribution in [0.4, 0.5) is 14.7 Å². The van der Waals surface area contributed by atoms with Gasteiger partial charge in [0.2, 0.25) is 17.8 Å². The number of aryl methyl sites for hydroxylation is 1. The van der Waals surface area contributed by atoms with E-state index in [1.54, 1.807) is 12.4 Å². The highest BCUT2D eigenvalue weighted by molar-refractivity contribution is 5.93. The summed E-state index contributed by atoms with van der Waals surface area (Å²) in [5.74, 6) is 1.52. The molecule has 2 aromatic heterocycles. The standard InChI is InChI=1S/C46H65F2N9O6/c1-5-20-60-22-24-62-26-27-63-25-23-61-21-18-49-43(58)38-29-50-45(51-30-38)55-31-39(32-55)42-54-53-35(4)57(42)34(3)28-40-12-11-33(2)56(40)19-15-41(36-9-7-6-8-10-36)52-44(59)37-13-16-46(47,48)17-14-37/h1,6-10,29-30,33-34,37,39-41H,11-28,31-32H2,2-4H3,(H,49,58)(H,52,59). The summed E-state index contributed by atoms with van der Waals surface area (Å²) in [6.45, 7) is 12.3. The number of anilines is 1. The SMILES string of the molecule is C#CCOCCOCCOCCOCCNC(=O)c1cnc(N2CC(c3nnc(C)n3C(C)CC3CCC(C)N3CCC(NC(=O)C3CCC(F)(F)CC3)c3ccccc3)C2)nc1. The molecule has 3 fully saturated rings. The summed E-state index contributed by atoms with van der Waals surface area (Å²) in [6, 6.07) is 10.7. The van der Waals surface area contributed by atoms with Crippen LogP contribution in [0.3, 0.4) is 0 Å².